The summed E-state index contributed by atoms with van der Waals surface area (Å²) >= 11 is 0. The first-order chi connectivity index (χ1) is 15.1. The second kappa shape index (κ2) is 9.22. The normalized spacial score (nSPS) is 17.2. The van der Waals surface area contributed by atoms with Crippen molar-refractivity contribution >= 4 is 17.3 Å². The Labute approximate surface area is 185 Å². The van der Waals surface area contributed by atoms with E-state index in [4.69, 9.17) is 0 Å². The number of benzene rings is 3. The quantitative estimate of drug-likeness (QED) is 0.453. The average molecular weight is 411 g/mol. The summed E-state index contributed by atoms with van der Waals surface area (Å²) in [7, 11) is 0. The van der Waals surface area contributed by atoms with Gasteiger partial charge in [0.25, 0.3) is 5.91 Å². The molecule has 158 valence electrons. The molecular weight excluding hydrogens is 380 g/mol. The van der Waals surface area contributed by atoms with Crippen LogP contribution in [0.3, 0.4) is 0 Å². The van der Waals surface area contributed by atoms with Crippen LogP contribution in [0.5, 0.6) is 0 Å². The lowest BCUT2D eigenvalue weighted by Crippen LogP contribution is -2.50. The Morgan fingerprint density at radius 3 is 1.81 bits per heavy atom. The molecule has 1 aliphatic rings. The Morgan fingerprint density at radius 2 is 1.29 bits per heavy atom. The smallest absolute Gasteiger partial charge is 0.251 e. The van der Waals surface area contributed by atoms with Gasteiger partial charge in [0.05, 0.1) is 0 Å². The number of anilines is 2. The highest BCUT2D eigenvalue weighted by Gasteiger charge is 2.41. The number of rotatable bonds is 7. The van der Waals surface area contributed by atoms with Crippen molar-refractivity contribution in [2.24, 2.45) is 0 Å². The van der Waals surface area contributed by atoms with E-state index in [2.05, 4.69) is 96.4 Å². The Hall–Kier alpha value is -3.33. The summed E-state index contributed by atoms with van der Waals surface area (Å²) in [5, 5.41) is 0. The maximum Gasteiger partial charge on any atom is 0.251 e. The Kier molecular flexibility index (Phi) is 6.22. The Morgan fingerprint density at radius 1 is 0.806 bits per heavy atom. The molecule has 3 nitrogen and oxygen atoms in total. The molecule has 0 fully saturated rings. The fourth-order valence-corrected chi connectivity index (χ4v) is 4.40. The third-order valence-corrected chi connectivity index (χ3v) is 6.28. The molecule has 0 unspecified atom stereocenters. The van der Waals surface area contributed by atoms with Crippen LogP contribution < -0.4 is 4.90 Å². The topological polar surface area (TPSA) is 23.6 Å². The monoisotopic (exact) mass is 410 g/mol. The standard InChI is InChI=1S/C28H30N2O/c1-21(19-20-24-13-7-4-8-14-24)29-27(22(2)23(3)28(29)31)30(25-15-9-5-10-16-25)26-17-11-6-12-18-26/h4-18,21,27H,19-20H2,1-3H3/t21-,27+/m1/s1. The molecule has 0 bridgehead atoms. The molecule has 0 spiro atoms. The van der Waals surface area contributed by atoms with Gasteiger partial charge in [-0.25, -0.2) is 0 Å². The van der Waals surface area contributed by atoms with Gasteiger partial charge in [0.1, 0.15) is 6.17 Å². The van der Waals surface area contributed by atoms with Crippen LogP contribution in [0.4, 0.5) is 11.4 Å². The molecule has 0 saturated heterocycles. The number of amides is 1. The summed E-state index contributed by atoms with van der Waals surface area (Å²) in [4.78, 5) is 17.8. The van der Waals surface area contributed by atoms with Crippen LogP contribution in [0.15, 0.2) is 102 Å². The van der Waals surface area contributed by atoms with Crippen molar-refractivity contribution in [1.29, 1.82) is 0 Å². The van der Waals surface area contributed by atoms with Gasteiger partial charge in [0, 0.05) is 23.0 Å². The van der Waals surface area contributed by atoms with Crippen LogP contribution in [0.1, 0.15) is 32.8 Å². The Balaban J connectivity index is 1.70. The highest BCUT2D eigenvalue weighted by molar-refractivity contribution is 5.98. The number of hydrogen-bond acceptors (Lipinski definition) is 2. The van der Waals surface area contributed by atoms with Gasteiger partial charge in [-0.05, 0) is 69.0 Å². The third-order valence-electron chi connectivity index (χ3n) is 6.28. The largest absolute Gasteiger partial charge is 0.317 e. The molecule has 0 aliphatic carbocycles. The van der Waals surface area contributed by atoms with E-state index < -0.39 is 0 Å². The van der Waals surface area contributed by atoms with Gasteiger partial charge in [-0.15, -0.1) is 0 Å². The zero-order chi connectivity index (χ0) is 21.8. The summed E-state index contributed by atoms with van der Waals surface area (Å²) in [6.07, 6.45) is 1.74. The summed E-state index contributed by atoms with van der Waals surface area (Å²) in [6.45, 7) is 6.23. The number of aryl methyl sites for hydroxylation is 1. The third kappa shape index (κ3) is 4.27. The van der Waals surface area contributed by atoms with Gasteiger partial charge in [0.2, 0.25) is 0 Å². The average Bonchev–Trinajstić information content (AvgIpc) is 3.04. The minimum atomic E-state index is -0.136. The number of para-hydroxylation sites is 2. The maximum atomic E-state index is 13.4. The first-order valence-electron chi connectivity index (χ1n) is 11.0. The first-order valence-corrected chi connectivity index (χ1v) is 11.0. The van der Waals surface area contributed by atoms with Crippen LogP contribution in [-0.2, 0) is 11.2 Å². The van der Waals surface area contributed by atoms with E-state index in [0.29, 0.717) is 0 Å². The predicted octanol–water partition coefficient (Wildman–Crippen LogP) is 6.35. The zero-order valence-electron chi connectivity index (χ0n) is 18.5. The summed E-state index contributed by atoms with van der Waals surface area (Å²) in [5.41, 5.74) is 5.45. The molecule has 31 heavy (non-hydrogen) atoms. The fourth-order valence-electron chi connectivity index (χ4n) is 4.40. The molecule has 1 aliphatic heterocycles. The number of carbonyl (C=O) groups excluding carboxylic acids is 1. The molecule has 0 aromatic heterocycles. The number of hydrogen-bond donors (Lipinski definition) is 0. The van der Waals surface area contributed by atoms with Gasteiger partial charge in [-0.1, -0.05) is 66.7 Å². The highest BCUT2D eigenvalue weighted by atomic mass is 16.2. The summed E-state index contributed by atoms with van der Waals surface area (Å²) < 4.78 is 0. The zero-order valence-corrected chi connectivity index (χ0v) is 18.5. The van der Waals surface area contributed by atoms with Gasteiger partial charge >= 0.3 is 0 Å². The molecule has 0 N–H and O–H groups in total. The van der Waals surface area contributed by atoms with Crippen molar-refractivity contribution < 1.29 is 4.79 Å². The van der Waals surface area contributed by atoms with E-state index in [9.17, 15) is 4.79 Å². The van der Waals surface area contributed by atoms with Crippen LogP contribution in [0, 0.1) is 0 Å². The predicted molar refractivity (Wildman–Crippen MR) is 128 cm³/mol. The first kappa shape index (κ1) is 20.9. The van der Waals surface area contributed by atoms with Gasteiger partial charge < -0.3 is 9.80 Å². The second-order valence-electron chi connectivity index (χ2n) is 8.31. The molecule has 1 amide bonds. The van der Waals surface area contributed by atoms with Gasteiger partial charge in [0.15, 0.2) is 0 Å². The van der Waals surface area contributed by atoms with Gasteiger partial charge in [-0.3, -0.25) is 4.79 Å². The molecular formula is C28H30N2O. The van der Waals surface area contributed by atoms with Crippen LogP contribution >= 0.6 is 0 Å². The fraction of sp³-hybridized carbons (Fsp3) is 0.250. The Bertz CT molecular complexity index is 1000. The molecule has 0 radical (unpaired) electrons. The van der Waals surface area contributed by atoms with Crippen LogP contribution in [0.25, 0.3) is 0 Å². The molecule has 4 rings (SSSR count). The van der Waals surface area contributed by atoms with Crippen molar-refractivity contribution in [2.75, 3.05) is 4.90 Å². The lowest BCUT2D eigenvalue weighted by Gasteiger charge is -2.41. The SMILES string of the molecule is CC1=C(C)[C@H](N(c2ccccc2)c2ccccc2)N([C@H](C)CCc2ccccc2)C1=O. The van der Waals surface area contributed by atoms with Crippen LogP contribution in [0.2, 0.25) is 0 Å². The summed E-state index contributed by atoms with van der Waals surface area (Å²) in [6, 6.07) is 31.4. The molecule has 3 heteroatoms. The molecule has 2 atom stereocenters. The molecule has 3 aromatic rings. The van der Waals surface area contributed by atoms with Crippen molar-refractivity contribution in [3.63, 3.8) is 0 Å². The second-order valence-corrected chi connectivity index (χ2v) is 8.31. The molecule has 1 heterocycles. The molecule has 0 saturated carbocycles. The summed E-state index contributed by atoms with van der Waals surface area (Å²) in [5.74, 6) is 0.139. The van der Waals surface area contributed by atoms with Gasteiger partial charge in [-0.2, -0.15) is 0 Å². The van der Waals surface area contributed by atoms with E-state index in [1.165, 1.54) is 5.56 Å². The lowest BCUT2D eigenvalue weighted by atomic mass is 10.0. The minimum absolute atomic E-state index is 0.111. The van der Waals surface area contributed by atoms with Crippen molar-refractivity contribution in [1.82, 2.24) is 4.90 Å². The molecule has 3 aromatic carbocycles. The van der Waals surface area contributed by atoms with Crippen LogP contribution in [-0.4, -0.2) is 23.0 Å². The minimum Gasteiger partial charge on any atom is -0.317 e. The number of carbonyl (C=O) groups is 1. The van der Waals surface area contributed by atoms with E-state index >= 15 is 0 Å². The van der Waals surface area contributed by atoms with E-state index in [0.717, 1.165) is 35.4 Å². The lowest BCUT2D eigenvalue weighted by molar-refractivity contribution is -0.129. The van der Waals surface area contributed by atoms with E-state index in [-0.39, 0.29) is 18.1 Å². The number of nitrogens with zero attached hydrogens (tertiary/aromatic N) is 2. The van der Waals surface area contributed by atoms with Crippen molar-refractivity contribution in [3.05, 3.63) is 108 Å². The van der Waals surface area contributed by atoms with Crippen molar-refractivity contribution in [3.8, 4) is 0 Å². The van der Waals surface area contributed by atoms with E-state index in [1.807, 2.05) is 25.1 Å². The van der Waals surface area contributed by atoms with Crippen molar-refractivity contribution in [2.45, 2.75) is 45.8 Å². The maximum absolute atomic E-state index is 13.4. The highest BCUT2D eigenvalue weighted by Crippen LogP contribution is 2.38. The van der Waals surface area contributed by atoms with E-state index in [1.54, 1.807) is 0 Å².